The molecule has 2 aromatic rings. The maximum absolute atomic E-state index is 5.83. The molecular formula is C11H9Cl2N. The summed E-state index contributed by atoms with van der Waals surface area (Å²) in [6, 6.07) is 10.1. The van der Waals surface area contributed by atoms with E-state index >= 15 is 0 Å². The zero-order chi connectivity index (χ0) is 9.97. The van der Waals surface area contributed by atoms with E-state index in [0.29, 0.717) is 11.8 Å². The standard InChI is InChI=1S/C11H9Cl2N/c12-6-9-5-8-3-1-2-4-10(8)11(7-13)14-9/h1-5H,6-7H2. The quantitative estimate of drug-likeness (QED) is 0.711. The van der Waals surface area contributed by atoms with E-state index in [1.54, 1.807) is 0 Å². The Morgan fingerprint density at radius 2 is 1.86 bits per heavy atom. The van der Waals surface area contributed by atoms with Gasteiger partial charge in [0.05, 0.1) is 23.1 Å². The molecule has 0 unspecified atom stereocenters. The average molecular weight is 226 g/mol. The monoisotopic (exact) mass is 225 g/mol. The van der Waals surface area contributed by atoms with Crippen LogP contribution >= 0.6 is 23.2 Å². The van der Waals surface area contributed by atoms with Crippen molar-refractivity contribution in [1.29, 1.82) is 0 Å². The average Bonchev–Trinajstić information content (AvgIpc) is 2.27. The van der Waals surface area contributed by atoms with Gasteiger partial charge in [-0.15, -0.1) is 23.2 Å². The predicted molar refractivity (Wildman–Crippen MR) is 60.9 cm³/mol. The van der Waals surface area contributed by atoms with E-state index in [-0.39, 0.29) is 0 Å². The maximum atomic E-state index is 5.83. The highest BCUT2D eigenvalue weighted by molar-refractivity contribution is 6.18. The minimum Gasteiger partial charge on any atom is -0.255 e. The molecule has 14 heavy (non-hydrogen) atoms. The third kappa shape index (κ3) is 1.70. The minimum atomic E-state index is 0.422. The molecule has 0 bridgehead atoms. The Morgan fingerprint density at radius 3 is 2.57 bits per heavy atom. The zero-order valence-corrected chi connectivity index (χ0v) is 9.02. The number of pyridine rings is 1. The Hall–Kier alpha value is -0.790. The first kappa shape index (κ1) is 9.75. The van der Waals surface area contributed by atoms with Crippen molar-refractivity contribution in [3.63, 3.8) is 0 Å². The highest BCUT2D eigenvalue weighted by Gasteiger charge is 2.03. The number of aromatic nitrogens is 1. The molecule has 0 atom stereocenters. The van der Waals surface area contributed by atoms with Gasteiger partial charge < -0.3 is 0 Å². The third-order valence-corrected chi connectivity index (χ3v) is 2.66. The molecule has 0 aliphatic heterocycles. The fourth-order valence-corrected chi connectivity index (χ4v) is 1.84. The Morgan fingerprint density at radius 1 is 1.07 bits per heavy atom. The van der Waals surface area contributed by atoms with Gasteiger partial charge in [-0.3, -0.25) is 4.98 Å². The smallest absolute Gasteiger partial charge is 0.0653 e. The van der Waals surface area contributed by atoms with Crippen LogP contribution in [0.2, 0.25) is 0 Å². The van der Waals surface area contributed by atoms with E-state index in [4.69, 9.17) is 23.2 Å². The Balaban J connectivity index is 2.73. The summed E-state index contributed by atoms with van der Waals surface area (Å²) in [7, 11) is 0. The molecule has 0 saturated carbocycles. The van der Waals surface area contributed by atoms with Crippen molar-refractivity contribution in [3.05, 3.63) is 41.7 Å². The van der Waals surface area contributed by atoms with Crippen molar-refractivity contribution in [2.24, 2.45) is 0 Å². The van der Waals surface area contributed by atoms with E-state index in [2.05, 4.69) is 4.98 Å². The van der Waals surface area contributed by atoms with Crippen molar-refractivity contribution in [3.8, 4) is 0 Å². The van der Waals surface area contributed by atoms with Gasteiger partial charge in [0.2, 0.25) is 0 Å². The van der Waals surface area contributed by atoms with Crippen LogP contribution < -0.4 is 0 Å². The molecule has 1 heterocycles. The number of hydrogen-bond acceptors (Lipinski definition) is 1. The van der Waals surface area contributed by atoms with Crippen LogP contribution in [0.5, 0.6) is 0 Å². The Bertz CT molecular complexity index is 454. The second-order valence-electron chi connectivity index (χ2n) is 3.05. The molecule has 0 amide bonds. The van der Waals surface area contributed by atoms with E-state index in [1.807, 2.05) is 30.3 Å². The van der Waals surface area contributed by atoms with Gasteiger partial charge in [-0.2, -0.15) is 0 Å². The van der Waals surface area contributed by atoms with Gasteiger partial charge in [0.25, 0.3) is 0 Å². The Labute approximate surface area is 92.7 Å². The molecule has 2 rings (SSSR count). The molecule has 72 valence electrons. The SMILES string of the molecule is ClCc1cc2ccccc2c(CCl)n1. The second-order valence-corrected chi connectivity index (χ2v) is 3.58. The van der Waals surface area contributed by atoms with Crippen LogP contribution in [0, 0.1) is 0 Å². The number of hydrogen-bond donors (Lipinski definition) is 0. The van der Waals surface area contributed by atoms with E-state index in [1.165, 1.54) is 0 Å². The number of fused-ring (bicyclic) bond motifs is 1. The zero-order valence-electron chi connectivity index (χ0n) is 7.50. The summed E-state index contributed by atoms with van der Waals surface area (Å²) in [5.74, 6) is 0.847. The lowest BCUT2D eigenvalue weighted by atomic mass is 10.1. The topological polar surface area (TPSA) is 12.9 Å². The van der Waals surface area contributed by atoms with Gasteiger partial charge in [0.15, 0.2) is 0 Å². The fraction of sp³-hybridized carbons (Fsp3) is 0.182. The molecule has 0 saturated heterocycles. The van der Waals surface area contributed by atoms with Crippen LogP contribution in [0.25, 0.3) is 10.8 Å². The van der Waals surface area contributed by atoms with Crippen LogP contribution in [0.4, 0.5) is 0 Å². The van der Waals surface area contributed by atoms with Crippen LogP contribution in [-0.4, -0.2) is 4.98 Å². The molecule has 0 fully saturated rings. The molecule has 1 nitrogen and oxygen atoms in total. The van der Waals surface area contributed by atoms with Crippen molar-refractivity contribution < 1.29 is 0 Å². The summed E-state index contributed by atoms with van der Waals surface area (Å²) < 4.78 is 0. The normalized spacial score (nSPS) is 10.7. The van der Waals surface area contributed by atoms with Crippen LogP contribution in [0.1, 0.15) is 11.4 Å². The fourth-order valence-electron chi connectivity index (χ4n) is 1.50. The first-order valence-electron chi connectivity index (χ1n) is 4.34. The van der Waals surface area contributed by atoms with Gasteiger partial charge >= 0.3 is 0 Å². The first-order chi connectivity index (χ1) is 6.85. The highest BCUT2D eigenvalue weighted by Crippen LogP contribution is 2.20. The third-order valence-electron chi connectivity index (χ3n) is 2.14. The molecular weight excluding hydrogens is 217 g/mol. The van der Waals surface area contributed by atoms with Crippen LogP contribution in [0.15, 0.2) is 30.3 Å². The van der Waals surface area contributed by atoms with E-state index < -0.39 is 0 Å². The lowest BCUT2D eigenvalue weighted by molar-refractivity contribution is 1.11. The molecule has 1 aromatic heterocycles. The van der Waals surface area contributed by atoms with Crippen LogP contribution in [-0.2, 0) is 11.8 Å². The number of alkyl halides is 2. The van der Waals surface area contributed by atoms with Gasteiger partial charge in [-0.05, 0) is 11.5 Å². The Kier molecular flexibility index (Phi) is 2.90. The first-order valence-corrected chi connectivity index (χ1v) is 5.41. The molecule has 0 radical (unpaired) electrons. The predicted octanol–water partition coefficient (Wildman–Crippen LogP) is 3.71. The highest BCUT2D eigenvalue weighted by atomic mass is 35.5. The molecule has 0 aliphatic carbocycles. The van der Waals surface area contributed by atoms with Gasteiger partial charge in [-0.1, -0.05) is 24.3 Å². The van der Waals surface area contributed by atoms with Crippen molar-refractivity contribution in [2.75, 3.05) is 0 Å². The second kappa shape index (κ2) is 4.16. The summed E-state index contributed by atoms with van der Waals surface area (Å²) >= 11 is 11.6. The molecule has 1 aromatic carbocycles. The van der Waals surface area contributed by atoms with Gasteiger partial charge in [0.1, 0.15) is 0 Å². The van der Waals surface area contributed by atoms with E-state index in [9.17, 15) is 0 Å². The van der Waals surface area contributed by atoms with Crippen molar-refractivity contribution >= 4 is 34.0 Å². The number of nitrogens with zero attached hydrogens (tertiary/aromatic N) is 1. The molecule has 0 spiro atoms. The minimum absolute atomic E-state index is 0.422. The van der Waals surface area contributed by atoms with Crippen molar-refractivity contribution in [1.82, 2.24) is 4.98 Å². The van der Waals surface area contributed by atoms with Gasteiger partial charge in [0, 0.05) is 5.39 Å². The summed E-state index contributed by atoms with van der Waals surface area (Å²) in [6.45, 7) is 0. The summed E-state index contributed by atoms with van der Waals surface area (Å²) in [4.78, 5) is 4.37. The van der Waals surface area contributed by atoms with E-state index in [0.717, 1.165) is 22.2 Å². The number of benzene rings is 1. The summed E-state index contributed by atoms with van der Waals surface area (Å²) in [6.07, 6.45) is 0. The van der Waals surface area contributed by atoms with Gasteiger partial charge in [-0.25, -0.2) is 0 Å². The number of halogens is 2. The maximum Gasteiger partial charge on any atom is 0.0653 e. The van der Waals surface area contributed by atoms with Crippen molar-refractivity contribution in [2.45, 2.75) is 11.8 Å². The number of rotatable bonds is 2. The molecule has 0 aliphatic rings. The lowest BCUT2D eigenvalue weighted by Crippen LogP contribution is -1.93. The molecule has 0 N–H and O–H groups in total. The summed E-state index contributed by atoms with van der Waals surface area (Å²) in [5.41, 5.74) is 1.78. The van der Waals surface area contributed by atoms with Crippen LogP contribution in [0.3, 0.4) is 0 Å². The summed E-state index contributed by atoms with van der Waals surface area (Å²) in [5, 5.41) is 2.25. The lowest BCUT2D eigenvalue weighted by Gasteiger charge is -2.04. The molecule has 3 heteroatoms. The largest absolute Gasteiger partial charge is 0.255 e.